The zero-order valence-corrected chi connectivity index (χ0v) is 15.8. The number of hydrogen-bond acceptors (Lipinski definition) is 5. The fourth-order valence-corrected chi connectivity index (χ4v) is 2.94. The minimum absolute atomic E-state index is 0.258. The van der Waals surface area contributed by atoms with Crippen LogP contribution in [-0.2, 0) is 16.0 Å². The van der Waals surface area contributed by atoms with E-state index < -0.39 is 18.4 Å². The molecule has 0 saturated carbocycles. The van der Waals surface area contributed by atoms with E-state index in [9.17, 15) is 9.59 Å². The first-order valence-corrected chi connectivity index (χ1v) is 9.31. The number of fused-ring (bicyclic) bond motifs is 1. The number of nitrogens with zero attached hydrogens (tertiary/aromatic N) is 1. The number of anilines is 1. The van der Waals surface area contributed by atoms with Crippen LogP contribution in [0, 0.1) is 0 Å². The summed E-state index contributed by atoms with van der Waals surface area (Å²) in [6.07, 6.45) is 1.48. The molecular formula is C19H29N3O4. The molecule has 0 aromatic heterocycles. The maximum Gasteiger partial charge on any atom is 0.409 e. The minimum atomic E-state index is -0.724. The highest BCUT2D eigenvalue weighted by molar-refractivity contribution is 6.00. The maximum atomic E-state index is 12.8. The molecule has 7 heteroatoms. The van der Waals surface area contributed by atoms with Gasteiger partial charge in [0.25, 0.3) is 0 Å². The Morgan fingerprint density at radius 3 is 2.77 bits per heavy atom. The van der Waals surface area contributed by atoms with Crippen molar-refractivity contribution in [3.05, 3.63) is 23.8 Å². The van der Waals surface area contributed by atoms with E-state index in [1.165, 1.54) is 4.90 Å². The van der Waals surface area contributed by atoms with Crippen LogP contribution in [0.5, 0.6) is 5.75 Å². The lowest BCUT2D eigenvalue weighted by atomic mass is 10.1. The van der Waals surface area contributed by atoms with Gasteiger partial charge in [-0.1, -0.05) is 26.3 Å². The molecule has 0 aliphatic carbocycles. The van der Waals surface area contributed by atoms with Crippen molar-refractivity contribution in [3.63, 3.8) is 0 Å². The number of nitrogens with two attached hydrogens (primary N) is 1. The summed E-state index contributed by atoms with van der Waals surface area (Å²) in [4.78, 5) is 26.4. The SMILES string of the molecule is CCCCNC(=O)O[C@H]1Cc2c(OCC)cccc2N1C(=O)[C@@H](N)CC. The monoisotopic (exact) mass is 363 g/mol. The first-order chi connectivity index (χ1) is 12.5. The smallest absolute Gasteiger partial charge is 0.409 e. The summed E-state index contributed by atoms with van der Waals surface area (Å²) in [6.45, 7) is 6.86. The Labute approximate surface area is 154 Å². The molecule has 1 aromatic carbocycles. The number of amides is 2. The molecule has 0 bridgehead atoms. The zero-order chi connectivity index (χ0) is 19.1. The van der Waals surface area contributed by atoms with Crippen LogP contribution in [0.15, 0.2) is 18.2 Å². The van der Waals surface area contributed by atoms with Crippen LogP contribution in [0.2, 0.25) is 0 Å². The number of nitrogens with one attached hydrogen (secondary N) is 1. The Kier molecular flexibility index (Phi) is 7.26. The average molecular weight is 363 g/mol. The lowest BCUT2D eigenvalue weighted by Gasteiger charge is -2.27. The van der Waals surface area contributed by atoms with E-state index in [4.69, 9.17) is 15.2 Å². The van der Waals surface area contributed by atoms with Crippen LogP contribution >= 0.6 is 0 Å². The van der Waals surface area contributed by atoms with Gasteiger partial charge in [0.1, 0.15) is 5.75 Å². The third kappa shape index (κ3) is 4.46. The quantitative estimate of drug-likeness (QED) is 0.692. The number of alkyl carbamates (subject to hydrolysis) is 1. The third-order valence-electron chi connectivity index (χ3n) is 4.37. The lowest BCUT2D eigenvalue weighted by molar-refractivity contribution is -0.121. The van der Waals surface area contributed by atoms with Crippen LogP contribution < -0.4 is 20.7 Å². The largest absolute Gasteiger partial charge is 0.494 e. The summed E-state index contributed by atoms with van der Waals surface area (Å²) >= 11 is 0. The molecule has 7 nitrogen and oxygen atoms in total. The summed E-state index contributed by atoms with van der Waals surface area (Å²) in [5.41, 5.74) is 7.51. The number of unbranched alkanes of at least 4 members (excludes halogenated alkanes) is 1. The fraction of sp³-hybridized carbons (Fsp3) is 0.579. The average Bonchev–Trinajstić information content (AvgIpc) is 2.99. The molecule has 0 radical (unpaired) electrons. The number of carbonyl (C=O) groups is 2. The standard InChI is InChI=1S/C19H29N3O4/c1-4-7-11-21-19(24)26-17-12-13-15(9-8-10-16(13)25-6-3)22(17)18(23)14(20)5-2/h8-10,14,17H,4-7,11-12,20H2,1-3H3,(H,21,24)/t14-,17-/m0/s1. The fourth-order valence-electron chi connectivity index (χ4n) is 2.94. The van der Waals surface area contributed by atoms with Gasteiger partial charge in [-0.2, -0.15) is 0 Å². The molecule has 1 aliphatic rings. The second-order valence-corrected chi connectivity index (χ2v) is 6.25. The lowest BCUT2D eigenvalue weighted by Crippen LogP contribution is -2.49. The van der Waals surface area contributed by atoms with E-state index in [1.54, 1.807) is 0 Å². The van der Waals surface area contributed by atoms with Crippen LogP contribution in [-0.4, -0.2) is 37.4 Å². The number of carbonyl (C=O) groups excluding carboxylic acids is 2. The maximum absolute atomic E-state index is 12.8. The molecule has 0 spiro atoms. The van der Waals surface area contributed by atoms with E-state index in [-0.39, 0.29) is 5.91 Å². The van der Waals surface area contributed by atoms with Gasteiger partial charge in [0.15, 0.2) is 6.23 Å². The highest BCUT2D eigenvalue weighted by Crippen LogP contribution is 2.39. The molecule has 3 N–H and O–H groups in total. The van der Waals surface area contributed by atoms with Crippen molar-refractivity contribution in [3.8, 4) is 5.75 Å². The van der Waals surface area contributed by atoms with Crippen molar-refractivity contribution in [2.24, 2.45) is 5.73 Å². The predicted octanol–water partition coefficient (Wildman–Crippen LogP) is 2.56. The summed E-state index contributed by atoms with van der Waals surface area (Å²) in [6, 6.07) is 4.86. The number of ether oxygens (including phenoxy) is 2. The Morgan fingerprint density at radius 1 is 1.35 bits per heavy atom. The van der Waals surface area contributed by atoms with Crippen molar-refractivity contribution in [2.45, 2.75) is 58.7 Å². The highest BCUT2D eigenvalue weighted by atomic mass is 16.6. The van der Waals surface area contributed by atoms with Crippen molar-refractivity contribution in [2.75, 3.05) is 18.1 Å². The predicted molar refractivity (Wildman–Crippen MR) is 100 cm³/mol. The van der Waals surface area contributed by atoms with Crippen LogP contribution in [0.3, 0.4) is 0 Å². The van der Waals surface area contributed by atoms with Crippen LogP contribution in [0.4, 0.5) is 10.5 Å². The molecule has 1 heterocycles. The summed E-state index contributed by atoms with van der Waals surface area (Å²) in [5, 5.41) is 2.72. The zero-order valence-electron chi connectivity index (χ0n) is 15.8. The molecule has 0 saturated heterocycles. The molecular weight excluding hydrogens is 334 g/mol. The van der Waals surface area contributed by atoms with Gasteiger partial charge in [-0.15, -0.1) is 0 Å². The molecule has 2 rings (SSSR count). The van der Waals surface area contributed by atoms with E-state index in [0.717, 1.165) is 18.4 Å². The van der Waals surface area contributed by atoms with Crippen molar-refractivity contribution in [1.29, 1.82) is 0 Å². The van der Waals surface area contributed by atoms with E-state index in [1.807, 2.05) is 39.0 Å². The Morgan fingerprint density at radius 2 is 2.12 bits per heavy atom. The van der Waals surface area contributed by atoms with Gasteiger partial charge in [0.2, 0.25) is 5.91 Å². The summed E-state index contributed by atoms with van der Waals surface area (Å²) in [5.74, 6) is 0.441. The Bertz CT molecular complexity index is 635. The molecule has 0 fully saturated rings. The molecule has 1 aliphatic heterocycles. The summed E-state index contributed by atoms with van der Waals surface area (Å²) < 4.78 is 11.2. The van der Waals surface area contributed by atoms with E-state index in [2.05, 4.69) is 5.32 Å². The van der Waals surface area contributed by atoms with Crippen molar-refractivity contribution in [1.82, 2.24) is 5.32 Å². The second kappa shape index (κ2) is 9.43. The molecule has 2 atom stereocenters. The van der Waals surface area contributed by atoms with Gasteiger partial charge in [-0.05, 0) is 31.9 Å². The topological polar surface area (TPSA) is 93.9 Å². The molecule has 26 heavy (non-hydrogen) atoms. The summed E-state index contributed by atoms with van der Waals surface area (Å²) in [7, 11) is 0. The normalized spacial score (nSPS) is 16.8. The van der Waals surface area contributed by atoms with Gasteiger partial charge in [-0.3, -0.25) is 9.69 Å². The Hall–Kier alpha value is -2.28. The first kappa shape index (κ1) is 20.0. The van der Waals surface area contributed by atoms with Gasteiger partial charge in [0.05, 0.1) is 18.3 Å². The van der Waals surface area contributed by atoms with E-state index >= 15 is 0 Å². The van der Waals surface area contributed by atoms with Gasteiger partial charge in [-0.25, -0.2) is 4.79 Å². The molecule has 1 aromatic rings. The molecule has 2 amide bonds. The number of rotatable bonds is 8. The Balaban J connectivity index is 2.24. The third-order valence-corrected chi connectivity index (χ3v) is 4.37. The second-order valence-electron chi connectivity index (χ2n) is 6.25. The van der Waals surface area contributed by atoms with Gasteiger partial charge in [0, 0.05) is 18.5 Å². The number of hydrogen-bond donors (Lipinski definition) is 2. The molecule has 144 valence electrons. The number of benzene rings is 1. The van der Waals surface area contributed by atoms with Crippen LogP contribution in [0.1, 0.15) is 45.6 Å². The molecule has 0 unspecified atom stereocenters. The first-order valence-electron chi connectivity index (χ1n) is 9.31. The highest BCUT2D eigenvalue weighted by Gasteiger charge is 2.39. The minimum Gasteiger partial charge on any atom is -0.494 e. The van der Waals surface area contributed by atoms with E-state index in [0.29, 0.717) is 37.4 Å². The van der Waals surface area contributed by atoms with Gasteiger partial charge >= 0.3 is 6.09 Å². The van der Waals surface area contributed by atoms with Crippen LogP contribution in [0.25, 0.3) is 0 Å². The van der Waals surface area contributed by atoms with Gasteiger partial charge < -0.3 is 20.5 Å². The van der Waals surface area contributed by atoms with Crippen molar-refractivity contribution >= 4 is 17.7 Å². The van der Waals surface area contributed by atoms with Crippen molar-refractivity contribution < 1.29 is 19.1 Å².